The molecule has 0 atom stereocenters. The van der Waals surface area contributed by atoms with Crippen molar-refractivity contribution < 1.29 is 14.3 Å². The lowest BCUT2D eigenvalue weighted by molar-refractivity contribution is 0.0950. The number of rotatable bonds is 7. The van der Waals surface area contributed by atoms with Crippen molar-refractivity contribution in [2.45, 2.75) is 26.5 Å². The topological polar surface area (TPSA) is 79.5 Å². The average Bonchev–Trinajstić information content (AvgIpc) is 2.78. The van der Waals surface area contributed by atoms with Gasteiger partial charge >= 0.3 is 0 Å². The molecule has 0 aliphatic heterocycles. The van der Waals surface area contributed by atoms with Gasteiger partial charge in [0.15, 0.2) is 5.11 Å². The van der Waals surface area contributed by atoms with E-state index >= 15 is 0 Å². The zero-order valence-corrected chi connectivity index (χ0v) is 18.7. The highest BCUT2D eigenvalue weighted by molar-refractivity contribution is 7.80. The van der Waals surface area contributed by atoms with Gasteiger partial charge in [0.25, 0.3) is 11.8 Å². The zero-order valence-electron chi connectivity index (χ0n) is 17.9. The van der Waals surface area contributed by atoms with Gasteiger partial charge in [0.1, 0.15) is 5.75 Å². The molecule has 0 saturated heterocycles. The van der Waals surface area contributed by atoms with E-state index < -0.39 is 0 Å². The Labute approximate surface area is 193 Å². The summed E-state index contributed by atoms with van der Waals surface area (Å²) < 4.78 is 5.63. The second kappa shape index (κ2) is 11.1. The molecule has 3 aromatic rings. The van der Waals surface area contributed by atoms with Crippen LogP contribution in [-0.4, -0.2) is 23.0 Å². The van der Waals surface area contributed by atoms with Gasteiger partial charge in [-0.3, -0.25) is 14.9 Å². The predicted molar refractivity (Wildman–Crippen MR) is 130 cm³/mol. The number of thiocarbonyl (C=S) groups is 1. The number of amides is 2. The second-order valence-electron chi connectivity index (χ2n) is 7.32. The molecule has 0 heterocycles. The molecular formula is C25H25N3O3S. The molecule has 3 N–H and O–H groups in total. The molecule has 0 fully saturated rings. The summed E-state index contributed by atoms with van der Waals surface area (Å²) in [6.45, 7) is 4.24. The number of anilines is 1. The third kappa shape index (κ3) is 6.65. The summed E-state index contributed by atoms with van der Waals surface area (Å²) in [6, 6.07) is 23.5. The van der Waals surface area contributed by atoms with Gasteiger partial charge < -0.3 is 15.4 Å². The van der Waals surface area contributed by atoms with E-state index in [4.69, 9.17) is 17.0 Å². The van der Waals surface area contributed by atoms with Crippen molar-refractivity contribution in [2.75, 3.05) is 5.32 Å². The van der Waals surface area contributed by atoms with Gasteiger partial charge in [-0.1, -0.05) is 48.5 Å². The van der Waals surface area contributed by atoms with E-state index in [0.29, 0.717) is 29.1 Å². The molecular weight excluding hydrogens is 422 g/mol. The number of carbonyl (C=O) groups excluding carboxylic acids is 2. The molecule has 6 nitrogen and oxygen atoms in total. The SMILES string of the molecule is CC(C)Oc1cccc(C(=O)NC(=S)Nc2ccccc2C(=O)NCc2ccccc2)c1. The van der Waals surface area contributed by atoms with Crippen molar-refractivity contribution in [1.82, 2.24) is 10.6 Å². The van der Waals surface area contributed by atoms with Crippen molar-refractivity contribution in [2.24, 2.45) is 0 Å². The number of benzene rings is 3. The first-order valence-corrected chi connectivity index (χ1v) is 10.6. The van der Waals surface area contributed by atoms with Crippen LogP contribution < -0.4 is 20.7 Å². The molecule has 0 aliphatic carbocycles. The van der Waals surface area contributed by atoms with Crippen LogP contribution in [-0.2, 0) is 6.54 Å². The van der Waals surface area contributed by atoms with E-state index in [0.717, 1.165) is 5.56 Å². The number of carbonyl (C=O) groups is 2. The molecule has 0 unspecified atom stereocenters. The smallest absolute Gasteiger partial charge is 0.257 e. The van der Waals surface area contributed by atoms with Gasteiger partial charge in [0, 0.05) is 12.1 Å². The number of para-hydroxylation sites is 1. The summed E-state index contributed by atoms with van der Waals surface area (Å²) in [6.07, 6.45) is 0.000549. The van der Waals surface area contributed by atoms with Crippen molar-refractivity contribution in [3.05, 3.63) is 95.6 Å². The monoisotopic (exact) mass is 447 g/mol. The van der Waals surface area contributed by atoms with Gasteiger partial charge in [0.2, 0.25) is 0 Å². The maximum Gasteiger partial charge on any atom is 0.257 e. The second-order valence-corrected chi connectivity index (χ2v) is 7.72. The Bertz CT molecular complexity index is 1100. The van der Waals surface area contributed by atoms with Gasteiger partial charge in [-0.15, -0.1) is 0 Å². The highest BCUT2D eigenvalue weighted by Gasteiger charge is 2.14. The van der Waals surface area contributed by atoms with E-state index in [1.807, 2.05) is 44.2 Å². The fraction of sp³-hybridized carbons (Fsp3) is 0.160. The molecule has 0 spiro atoms. The quantitative estimate of drug-likeness (QED) is 0.464. The zero-order chi connectivity index (χ0) is 22.9. The minimum atomic E-state index is -0.372. The van der Waals surface area contributed by atoms with E-state index in [2.05, 4.69) is 16.0 Å². The number of nitrogens with one attached hydrogen (secondary N) is 3. The lowest BCUT2D eigenvalue weighted by Gasteiger charge is -2.14. The van der Waals surface area contributed by atoms with Crippen LogP contribution in [0, 0.1) is 0 Å². The fourth-order valence-electron chi connectivity index (χ4n) is 2.98. The van der Waals surface area contributed by atoms with Crippen LogP contribution in [0.25, 0.3) is 0 Å². The van der Waals surface area contributed by atoms with E-state index in [1.54, 1.807) is 48.5 Å². The maximum atomic E-state index is 12.7. The van der Waals surface area contributed by atoms with Crippen LogP contribution in [0.5, 0.6) is 5.75 Å². The Hall–Kier alpha value is -3.71. The fourth-order valence-corrected chi connectivity index (χ4v) is 3.18. The summed E-state index contributed by atoms with van der Waals surface area (Å²) in [5.74, 6) is -0.0145. The lowest BCUT2D eigenvalue weighted by atomic mass is 10.1. The van der Waals surface area contributed by atoms with Crippen LogP contribution in [0.3, 0.4) is 0 Å². The Morgan fingerprint density at radius 3 is 2.38 bits per heavy atom. The summed E-state index contributed by atoms with van der Waals surface area (Å²) in [5, 5.41) is 8.57. The van der Waals surface area contributed by atoms with Crippen LogP contribution in [0.4, 0.5) is 5.69 Å². The van der Waals surface area contributed by atoms with Crippen LogP contribution in [0.1, 0.15) is 40.1 Å². The van der Waals surface area contributed by atoms with E-state index in [-0.39, 0.29) is 23.0 Å². The third-order valence-electron chi connectivity index (χ3n) is 4.41. The standard InChI is InChI=1S/C25H25N3O3S/c1-17(2)31-20-12-8-11-19(15-20)23(29)28-25(32)27-22-14-7-6-13-21(22)24(30)26-16-18-9-4-3-5-10-18/h3-15,17H,16H2,1-2H3,(H,26,30)(H2,27,28,29,32). The van der Waals surface area contributed by atoms with Crippen molar-refractivity contribution >= 4 is 34.8 Å². The minimum absolute atomic E-state index is 0.000549. The van der Waals surface area contributed by atoms with Gasteiger partial charge in [0.05, 0.1) is 17.4 Å². The Balaban J connectivity index is 1.63. The maximum absolute atomic E-state index is 12.7. The van der Waals surface area contributed by atoms with Gasteiger partial charge in [-0.2, -0.15) is 0 Å². The van der Waals surface area contributed by atoms with Crippen molar-refractivity contribution in [1.29, 1.82) is 0 Å². The number of ether oxygens (including phenoxy) is 1. The van der Waals surface area contributed by atoms with Crippen LogP contribution in [0.15, 0.2) is 78.9 Å². The van der Waals surface area contributed by atoms with Crippen molar-refractivity contribution in [3.8, 4) is 5.75 Å². The normalized spacial score (nSPS) is 10.3. The molecule has 3 aromatic carbocycles. The highest BCUT2D eigenvalue weighted by atomic mass is 32.1. The van der Waals surface area contributed by atoms with Crippen LogP contribution >= 0.6 is 12.2 Å². The predicted octanol–water partition coefficient (Wildman–Crippen LogP) is 4.53. The molecule has 0 aromatic heterocycles. The number of hydrogen-bond donors (Lipinski definition) is 3. The van der Waals surface area contributed by atoms with Crippen LogP contribution in [0.2, 0.25) is 0 Å². The molecule has 164 valence electrons. The first-order valence-electron chi connectivity index (χ1n) is 10.2. The third-order valence-corrected chi connectivity index (χ3v) is 4.61. The first-order chi connectivity index (χ1) is 15.4. The van der Waals surface area contributed by atoms with E-state index in [9.17, 15) is 9.59 Å². The minimum Gasteiger partial charge on any atom is -0.491 e. The lowest BCUT2D eigenvalue weighted by Crippen LogP contribution is -2.35. The summed E-state index contributed by atoms with van der Waals surface area (Å²) in [5.41, 5.74) is 2.34. The first kappa shape index (κ1) is 23.0. The van der Waals surface area contributed by atoms with Crippen molar-refractivity contribution in [3.63, 3.8) is 0 Å². The van der Waals surface area contributed by atoms with Gasteiger partial charge in [-0.05, 0) is 62.0 Å². The number of hydrogen-bond acceptors (Lipinski definition) is 4. The molecule has 0 saturated carbocycles. The average molecular weight is 448 g/mol. The Morgan fingerprint density at radius 2 is 1.62 bits per heavy atom. The highest BCUT2D eigenvalue weighted by Crippen LogP contribution is 2.17. The summed E-state index contributed by atoms with van der Waals surface area (Å²) in [7, 11) is 0. The molecule has 32 heavy (non-hydrogen) atoms. The molecule has 0 radical (unpaired) electrons. The van der Waals surface area contributed by atoms with E-state index in [1.165, 1.54) is 0 Å². The van der Waals surface area contributed by atoms with Gasteiger partial charge in [-0.25, -0.2) is 0 Å². The largest absolute Gasteiger partial charge is 0.491 e. The molecule has 2 amide bonds. The Kier molecular flexibility index (Phi) is 7.94. The molecule has 0 aliphatic rings. The summed E-state index contributed by atoms with van der Waals surface area (Å²) in [4.78, 5) is 25.3. The summed E-state index contributed by atoms with van der Waals surface area (Å²) >= 11 is 5.30. The Morgan fingerprint density at radius 1 is 0.906 bits per heavy atom. The molecule has 7 heteroatoms. The molecule has 0 bridgehead atoms. The molecule has 3 rings (SSSR count).